The predicted octanol–water partition coefficient (Wildman–Crippen LogP) is 1.94. The van der Waals surface area contributed by atoms with Crippen molar-refractivity contribution in [2.75, 3.05) is 24.3 Å². The molecule has 0 aliphatic heterocycles. The Hall–Kier alpha value is -3.11. The molecule has 2 amide bonds. The second-order valence-electron chi connectivity index (χ2n) is 7.15. The minimum atomic E-state index is -3.59. The van der Waals surface area contributed by atoms with E-state index in [1.165, 1.54) is 31.3 Å². The van der Waals surface area contributed by atoms with Crippen LogP contribution in [-0.4, -0.2) is 46.0 Å². The van der Waals surface area contributed by atoms with Gasteiger partial charge in [0.1, 0.15) is 11.8 Å². The molecule has 10 heteroatoms. The molecule has 0 spiro atoms. The van der Waals surface area contributed by atoms with Gasteiger partial charge in [-0.15, -0.1) is 0 Å². The summed E-state index contributed by atoms with van der Waals surface area (Å²) in [5.41, 5.74) is 1.13. The van der Waals surface area contributed by atoms with Gasteiger partial charge in [-0.2, -0.15) is 0 Å². The molecule has 0 radical (unpaired) electrons. The Morgan fingerprint density at radius 1 is 1.00 bits per heavy atom. The summed E-state index contributed by atoms with van der Waals surface area (Å²) in [7, 11) is -2.06. The number of carbonyl (C=O) groups is 2. The second kappa shape index (κ2) is 10.8. The molecular weight excluding hydrogens is 420 g/mol. The lowest BCUT2D eigenvalue weighted by Gasteiger charge is -2.16. The number of nitrogens with one attached hydrogen (secondary N) is 4. The minimum absolute atomic E-state index is 0.103. The van der Waals surface area contributed by atoms with Gasteiger partial charge >= 0.3 is 0 Å². The van der Waals surface area contributed by atoms with E-state index in [4.69, 9.17) is 4.74 Å². The Morgan fingerprint density at radius 2 is 1.68 bits per heavy atom. The fourth-order valence-corrected chi connectivity index (χ4v) is 3.81. The first-order valence-corrected chi connectivity index (χ1v) is 11.2. The molecule has 9 nitrogen and oxygen atoms in total. The number of anilines is 2. The standard InChI is InChI=1S/C21H28N4O5S/c1-14(2)25-31(28,29)19-10-8-16(9-11-19)24-21(27)15(3)23-17-6-5-7-18(12-17)30-13-20(26)22-4/h5-12,14-15,23,25H,13H2,1-4H3,(H,22,26)(H,24,27). The lowest BCUT2D eigenvalue weighted by atomic mass is 10.2. The first-order valence-electron chi connectivity index (χ1n) is 9.74. The van der Waals surface area contributed by atoms with Crippen molar-refractivity contribution in [3.05, 3.63) is 48.5 Å². The van der Waals surface area contributed by atoms with Crippen molar-refractivity contribution < 1.29 is 22.7 Å². The molecule has 0 aliphatic rings. The van der Waals surface area contributed by atoms with E-state index in [9.17, 15) is 18.0 Å². The Balaban J connectivity index is 1.96. The maximum absolute atomic E-state index is 12.5. The highest BCUT2D eigenvalue weighted by Gasteiger charge is 2.17. The van der Waals surface area contributed by atoms with Crippen molar-refractivity contribution in [2.24, 2.45) is 0 Å². The van der Waals surface area contributed by atoms with Gasteiger partial charge in [0.05, 0.1) is 4.90 Å². The van der Waals surface area contributed by atoms with Crippen LogP contribution in [0.2, 0.25) is 0 Å². The topological polar surface area (TPSA) is 126 Å². The molecular formula is C21H28N4O5S. The van der Waals surface area contributed by atoms with Gasteiger partial charge in [0, 0.05) is 30.5 Å². The van der Waals surface area contributed by atoms with Gasteiger partial charge in [-0.3, -0.25) is 9.59 Å². The summed E-state index contributed by atoms with van der Waals surface area (Å²) in [6, 6.07) is 12.1. The minimum Gasteiger partial charge on any atom is -0.484 e. The van der Waals surface area contributed by atoms with Crippen LogP contribution in [0.15, 0.2) is 53.4 Å². The molecule has 0 aromatic heterocycles. The molecule has 2 aromatic rings. The quantitative estimate of drug-likeness (QED) is 0.440. The monoisotopic (exact) mass is 448 g/mol. The summed E-state index contributed by atoms with van der Waals surface area (Å²) < 4.78 is 32.2. The van der Waals surface area contributed by atoms with Crippen molar-refractivity contribution in [1.82, 2.24) is 10.0 Å². The number of likely N-dealkylation sites (N-methyl/N-ethyl adjacent to an activating group) is 1. The average molecular weight is 449 g/mol. The Morgan fingerprint density at radius 3 is 2.29 bits per heavy atom. The molecule has 0 fully saturated rings. The van der Waals surface area contributed by atoms with E-state index in [0.717, 1.165) is 0 Å². The Kier molecular flexibility index (Phi) is 8.40. The fraction of sp³-hybridized carbons (Fsp3) is 0.333. The molecule has 0 heterocycles. The largest absolute Gasteiger partial charge is 0.484 e. The normalized spacial score (nSPS) is 12.2. The van der Waals surface area contributed by atoms with E-state index < -0.39 is 16.1 Å². The predicted molar refractivity (Wildman–Crippen MR) is 120 cm³/mol. The van der Waals surface area contributed by atoms with Gasteiger partial charge < -0.3 is 20.7 Å². The fourth-order valence-electron chi connectivity index (χ4n) is 2.56. The van der Waals surface area contributed by atoms with Crippen LogP contribution >= 0.6 is 0 Å². The smallest absolute Gasteiger partial charge is 0.257 e. The number of benzene rings is 2. The van der Waals surface area contributed by atoms with Crippen LogP contribution in [0.1, 0.15) is 20.8 Å². The molecule has 0 saturated carbocycles. The summed E-state index contributed by atoms with van der Waals surface area (Å²) >= 11 is 0. The van der Waals surface area contributed by atoms with Gasteiger partial charge in [-0.1, -0.05) is 6.07 Å². The summed E-state index contributed by atoms with van der Waals surface area (Å²) in [6.07, 6.45) is 0. The van der Waals surface area contributed by atoms with E-state index in [2.05, 4.69) is 20.7 Å². The third kappa shape index (κ3) is 7.58. The van der Waals surface area contributed by atoms with E-state index >= 15 is 0 Å². The summed E-state index contributed by atoms with van der Waals surface area (Å²) in [5, 5.41) is 8.28. The SMILES string of the molecule is CNC(=O)COc1cccc(NC(C)C(=O)Nc2ccc(S(=O)(=O)NC(C)C)cc2)c1. The zero-order valence-corrected chi connectivity index (χ0v) is 18.7. The third-order valence-electron chi connectivity index (χ3n) is 4.08. The van der Waals surface area contributed by atoms with Gasteiger partial charge in [0.15, 0.2) is 6.61 Å². The summed E-state index contributed by atoms with van der Waals surface area (Å²) in [5.74, 6) is -0.0504. The van der Waals surface area contributed by atoms with Gasteiger partial charge in [-0.25, -0.2) is 13.1 Å². The highest BCUT2D eigenvalue weighted by atomic mass is 32.2. The van der Waals surface area contributed by atoms with Crippen molar-refractivity contribution >= 4 is 33.2 Å². The van der Waals surface area contributed by atoms with Crippen molar-refractivity contribution in [3.8, 4) is 5.75 Å². The maximum atomic E-state index is 12.5. The second-order valence-corrected chi connectivity index (χ2v) is 8.86. The molecule has 0 bridgehead atoms. The van der Waals surface area contributed by atoms with Crippen molar-refractivity contribution in [2.45, 2.75) is 37.8 Å². The van der Waals surface area contributed by atoms with E-state index in [1.807, 2.05) is 0 Å². The maximum Gasteiger partial charge on any atom is 0.257 e. The van der Waals surface area contributed by atoms with Crippen LogP contribution in [0.5, 0.6) is 5.75 Å². The van der Waals surface area contributed by atoms with E-state index in [1.54, 1.807) is 45.0 Å². The molecule has 0 aliphatic carbocycles. The van der Waals surface area contributed by atoms with Crippen LogP contribution in [0.4, 0.5) is 11.4 Å². The molecule has 0 saturated heterocycles. The van der Waals surface area contributed by atoms with Crippen LogP contribution < -0.4 is 25.4 Å². The zero-order chi connectivity index (χ0) is 23.0. The highest BCUT2D eigenvalue weighted by Crippen LogP contribution is 2.19. The van der Waals surface area contributed by atoms with Crippen LogP contribution in [0.25, 0.3) is 0 Å². The highest BCUT2D eigenvalue weighted by molar-refractivity contribution is 7.89. The molecule has 2 aromatic carbocycles. The van der Waals surface area contributed by atoms with Gasteiger partial charge in [-0.05, 0) is 57.2 Å². The number of ether oxygens (including phenoxy) is 1. The number of carbonyl (C=O) groups excluding carboxylic acids is 2. The summed E-state index contributed by atoms with van der Waals surface area (Å²) in [4.78, 5) is 23.9. The molecule has 31 heavy (non-hydrogen) atoms. The van der Waals surface area contributed by atoms with Crippen LogP contribution in [0.3, 0.4) is 0 Å². The molecule has 168 valence electrons. The van der Waals surface area contributed by atoms with Crippen molar-refractivity contribution in [3.63, 3.8) is 0 Å². The Bertz CT molecular complexity index is 1010. The molecule has 1 unspecified atom stereocenters. The van der Waals surface area contributed by atoms with Crippen molar-refractivity contribution in [1.29, 1.82) is 0 Å². The lowest BCUT2D eigenvalue weighted by Crippen LogP contribution is -2.32. The van der Waals surface area contributed by atoms with Crippen LogP contribution in [0, 0.1) is 0 Å². The van der Waals surface area contributed by atoms with E-state index in [-0.39, 0.29) is 29.4 Å². The zero-order valence-electron chi connectivity index (χ0n) is 17.9. The molecule has 4 N–H and O–H groups in total. The van der Waals surface area contributed by atoms with E-state index in [0.29, 0.717) is 17.1 Å². The number of hydrogen-bond donors (Lipinski definition) is 4. The number of sulfonamides is 1. The first-order chi connectivity index (χ1) is 14.6. The Labute approximate surface area is 182 Å². The molecule has 2 rings (SSSR count). The number of rotatable bonds is 10. The molecule has 1 atom stereocenters. The lowest BCUT2D eigenvalue weighted by molar-refractivity contribution is -0.122. The third-order valence-corrected chi connectivity index (χ3v) is 5.76. The summed E-state index contributed by atoms with van der Waals surface area (Å²) in [6.45, 7) is 5.07. The average Bonchev–Trinajstić information content (AvgIpc) is 2.71. The van der Waals surface area contributed by atoms with Gasteiger partial charge in [0.2, 0.25) is 15.9 Å². The first kappa shape index (κ1) is 24.2. The number of hydrogen-bond acceptors (Lipinski definition) is 6. The number of amides is 2. The van der Waals surface area contributed by atoms with Crippen LogP contribution in [-0.2, 0) is 19.6 Å². The van der Waals surface area contributed by atoms with Gasteiger partial charge in [0.25, 0.3) is 5.91 Å².